The first-order valence-corrected chi connectivity index (χ1v) is 23.7. The number of rotatable bonds is 9. The van der Waals surface area contributed by atoms with Gasteiger partial charge >= 0.3 is 0 Å². The maximum Gasteiger partial charge on any atom is 0.143 e. The summed E-state index contributed by atoms with van der Waals surface area (Å²) in [5.41, 5.74) is 21.5. The van der Waals surface area contributed by atoms with Crippen molar-refractivity contribution in [2.24, 2.45) is 0 Å². The third-order valence-corrected chi connectivity index (χ3v) is 14.2. The zero-order chi connectivity index (χ0) is 45.7. The molecule has 1 atom stereocenters. The van der Waals surface area contributed by atoms with Gasteiger partial charge in [0.2, 0.25) is 0 Å². The van der Waals surface area contributed by atoms with Crippen LogP contribution in [0.25, 0.3) is 77.6 Å². The van der Waals surface area contributed by atoms with Crippen LogP contribution in [0.5, 0.6) is 0 Å². The molecule has 0 spiro atoms. The molecule has 0 amide bonds. The smallest absolute Gasteiger partial charge is 0.143 e. The van der Waals surface area contributed by atoms with Gasteiger partial charge in [0.05, 0.1) is 5.41 Å². The van der Waals surface area contributed by atoms with E-state index in [4.69, 9.17) is 4.42 Å². The predicted octanol–water partition coefficient (Wildman–Crippen LogP) is 18.1. The van der Waals surface area contributed by atoms with E-state index in [2.05, 4.69) is 266 Å². The van der Waals surface area contributed by atoms with Crippen molar-refractivity contribution in [3.8, 4) is 55.6 Å². The fourth-order valence-corrected chi connectivity index (χ4v) is 11.0. The molecule has 1 aliphatic carbocycles. The third kappa shape index (κ3) is 6.80. The zero-order valence-corrected chi connectivity index (χ0v) is 37.8. The summed E-state index contributed by atoms with van der Waals surface area (Å²) < 4.78 is 6.45. The van der Waals surface area contributed by atoms with E-state index in [-0.39, 0.29) is 0 Å². The number of hydrogen-bond donors (Lipinski definition) is 0. The minimum Gasteiger partial charge on any atom is -0.455 e. The van der Waals surface area contributed by atoms with E-state index in [1.807, 2.05) is 12.1 Å². The number of hydrogen-bond acceptors (Lipinski definition) is 2. The van der Waals surface area contributed by atoms with Crippen LogP contribution >= 0.6 is 0 Å². The second-order valence-electron chi connectivity index (χ2n) is 18.0. The molecule has 1 aliphatic rings. The lowest BCUT2D eigenvalue weighted by Gasteiger charge is -2.34. The second kappa shape index (κ2) is 16.7. The van der Waals surface area contributed by atoms with Gasteiger partial charge in [0.1, 0.15) is 11.2 Å². The van der Waals surface area contributed by atoms with Crippen LogP contribution in [0.3, 0.4) is 0 Å². The molecule has 0 saturated carbocycles. The first-order chi connectivity index (χ1) is 34.2. The summed E-state index contributed by atoms with van der Waals surface area (Å²) >= 11 is 0. The van der Waals surface area contributed by atoms with Crippen LogP contribution in [-0.4, -0.2) is 0 Å². The Hall–Kier alpha value is -8.98. The average Bonchev–Trinajstić information content (AvgIpc) is 3.96. The van der Waals surface area contributed by atoms with Crippen molar-refractivity contribution < 1.29 is 4.42 Å². The van der Waals surface area contributed by atoms with Crippen LogP contribution in [0.15, 0.2) is 277 Å². The Labute approximate surface area is 402 Å². The summed E-state index contributed by atoms with van der Waals surface area (Å²) in [4.78, 5) is 2.35. The Balaban J connectivity index is 0.897. The lowest BCUT2D eigenvalue weighted by molar-refractivity contribution is 0.670. The van der Waals surface area contributed by atoms with Crippen LogP contribution < -0.4 is 4.90 Å². The summed E-state index contributed by atoms with van der Waals surface area (Å²) in [7, 11) is 0. The Kier molecular flexibility index (Phi) is 9.77. The molecule has 1 unspecified atom stereocenters. The molecule has 0 N–H and O–H groups in total. The van der Waals surface area contributed by atoms with Crippen LogP contribution in [0.1, 0.15) is 22.3 Å². The highest BCUT2D eigenvalue weighted by Crippen LogP contribution is 2.57. The van der Waals surface area contributed by atoms with Crippen molar-refractivity contribution in [2.75, 3.05) is 4.90 Å². The molecular formula is C67H45NO. The number of nitrogens with zero attached hydrogens (tertiary/aromatic N) is 1. The molecule has 2 heteroatoms. The minimum atomic E-state index is -0.495. The van der Waals surface area contributed by atoms with Gasteiger partial charge in [-0.3, -0.25) is 0 Å². The molecule has 0 saturated heterocycles. The molecule has 1 aromatic heterocycles. The van der Waals surface area contributed by atoms with Crippen molar-refractivity contribution in [1.82, 2.24) is 0 Å². The van der Waals surface area contributed by atoms with Gasteiger partial charge in [-0.05, 0) is 127 Å². The van der Waals surface area contributed by atoms with Crippen LogP contribution in [0.4, 0.5) is 17.1 Å². The Bertz CT molecular complexity index is 3800. The lowest BCUT2D eigenvalue weighted by atomic mass is 9.67. The zero-order valence-electron chi connectivity index (χ0n) is 37.8. The van der Waals surface area contributed by atoms with E-state index in [0.29, 0.717) is 0 Å². The maximum absolute atomic E-state index is 6.45. The van der Waals surface area contributed by atoms with Crippen molar-refractivity contribution in [1.29, 1.82) is 0 Å². The fraction of sp³-hybridized carbons (Fsp3) is 0.0149. The molecular weight excluding hydrogens is 835 g/mol. The topological polar surface area (TPSA) is 16.4 Å². The van der Waals surface area contributed by atoms with Gasteiger partial charge in [0, 0.05) is 33.4 Å². The van der Waals surface area contributed by atoms with E-state index in [1.165, 1.54) is 61.2 Å². The third-order valence-electron chi connectivity index (χ3n) is 14.2. The standard InChI is InChI=1S/C67H45NO/c1-4-16-46(17-5-1)48-30-37-55(38-31-48)68(57-41-34-50(35-42-57)58-26-15-27-61-60-25-11-13-29-65(60)69-66(58)61)56-39-32-49(33-40-56)52-36-43-64-62(45-52)59-24-10-12-28-63(59)67(64,53-21-8-3-9-22-53)54-23-14-20-51(44-54)47-18-6-2-7-19-47/h1-45H. The number of para-hydroxylation sites is 2. The molecule has 324 valence electrons. The number of anilines is 3. The Morgan fingerprint density at radius 1 is 0.275 bits per heavy atom. The second-order valence-corrected chi connectivity index (χ2v) is 18.0. The van der Waals surface area contributed by atoms with Gasteiger partial charge in [-0.1, -0.05) is 218 Å². The summed E-state index contributed by atoms with van der Waals surface area (Å²) in [6, 6.07) is 99.2. The molecule has 0 radical (unpaired) electrons. The highest BCUT2D eigenvalue weighted by atomic mass is 16.3. The van der Waals surface area contributed by atoms with Crippen molar-refractivity contribution >= 4 is 39.0 Å². The quantitative estimate of drug-likeness (QED) is 0.144. The SMILES string of the molecule is c1ccc(-c2ccc(N(c3ccc(-c4ccc5c(c4)-c4ccccc4C5(c4ccccc4)c4cccc(-c5ccccc5)c4)cc3)c3ccc(-c4cccc5c4oc4ccccc45)cc3)cc2)cc1. The molecule has 13 rings (SSSR count). The van der Waals surface area contributed by atoms with Crippen molar-refractivity contribution in [3.63, 3.8) is 0 Å². The highest BCUT2D eigenvalue weighted by Gasteiger charge is 2.46. The van der Waals surface area contributed by atoms with E-state index in [9.17, 15) is 0 Å². The van der Waals surface area contributed by atoms with Gasteiger partial charge in [-0.25, -0.2) is 0 Å². The number of fused-ring (bicyclic) bond motifs is 6. The summed E-state index contributed by atoms with van der Waals surface area (Å²) in [6.45, 7) is 0. The predicted molar refractivity (Wildman–Crippen MR) is 287 cm³/mol. The van der Waals surface area contributed by atoms with Gasteiger partial charge < -0.3 is 9.32 Å². The molecule has 1 heterocycles. The van der Waals surface area contributed by atoms with E-state index in [1.54, 1.807) is 0 Å². The van der Waals surface area contributed by atoms with E-state index < -0.39 is 5.41 Å². The lowest BCUT2D eigenvalue weighted by Crippen LogP contribution is -2.28. The minimum absolute atomic E-state index is 0.495. The number of furan rings is 1. The largest absolute Gasteiger partial charge is 0.455 e. The molecule has 0 bridgehead atoms. The molecule has 2 nitrogen and oxygen atoms in total. The van der Waals surface area contributed by atoms with Crippen molar-refractivity contribution in [3.05, 3.63) is 295 Å². The monoisotopic (exact) mass is 879 g/mol. The maximum atomic E-state index is 6.45. The molecule has 0 fully saturated rings. The normalized spacial score (nSPS) is 13.9. The Morgan fingerprint density at radius 3 is 1.42 bits per heavy atom. The van der Waals surface area contributed by atoms with Crippen molar-refractivity contribution in [2.45, 2.75) is 5.41 Å². The summed E-state index contributed by atoms with van der Waals surface area (Å²) in [5.74, 6) is 0. The first kappa shape index (κ1) is 40.3. The van der Waals surface area contributed by atoms with E-state index >= 15 is 0 Å². The summed E-state index contributed by atoms with van der Waals surface area (Å²) in [5, 5.41) is 2.26. The Morgan fingerprint density at radius 2 is 0.725 bits per heavy atom. The van der Waals surface area contributed by atoms with Crippen LogP contribution in [0, 0.1) is 0 Å². The highest BCUT2D eigenvalue weighted by molar-refractivity contribution is 6.09. The van der Waals surface area contributed by atoms with Gasteiger partial charge in [0.25, 0.3) is 0 Å². The van der Waals surface area contributed by atoms with Gasteiger partial charge in [-0.2, -0.15) is 0 Å². The summed E-state index contributed by atoms with van der Waals surface area (Å²) in [6.07, 6.45) is 0. The van der Waals surface area contributed by atoms with Gasteiger partial charge in [-0.15, -0.1) is 0 Å². The average molecular weight is 880 g/mol. The van der Waals surface area contributed by atoms with E-state index in [0.717, 1.165) is 55.7 Å². The molecule has 69 heavy (non-hydrogen) atoms. The fourth-order valence-electron chi connectivity index (χ4n) is 11.0. The van der Waals surface area contributed by atoms with Crippen LogP contribution in [0.2, 0.25) is 0 Å². The number of benzene rings is 11. The van der Waals surface area contributed by atoms with Gasteiger partial charge in [0.15, 0.2) is 0 Å². The first-order valence-electron chi connectivity index (χ1n) is 23.7. The molecule has 0 aliphatic heterocycles. The molecule has 12 aromatic rings. The van der Waals surface area contributed by atoms with Crippen LogP contribution in [-0.2, 0) is 5.41 Å². The molecule has 11 aromatic carbocycles.